The summed E-state index contributed by atoms with van der Waals surface area (Å²) in [7, 11) is 0. The van der Waals surface area contributed by atoms with E-state index < -0.39 is 0 Å². The Labute approximate surface area is 111 Å². The van der Waals surface area contributed by atoms with Gasteiger partial charge in [0.1, 0.15) is 0 Å². The molecule has 0 bridgehead atoms. The first kappa shape index (κ1) is 12.2. The van der Waals surface area contributed by atoms with Gasteiger partial charge in [-0.05, 0) is 43.5 Å². The van der Waals surface area contributed by atoms with E-state index in [0.717, 1.165) is 35.9 Å². The Morgan fingerprint density at radius 1 is 1.47 bits per heavy atom. The number of anilines is 1. The van der Waals surface area contributed by atoms with Crippen LogP contribution in [0, 0.1) is 11.8 Å². The molecule has 100 valence electrons. The molecule has 1 aromatic carbocycles. The molecular formula is C14H18N4O. The van der Waals surface area contributed by atoms with E-state index in [1.807, 2.05) is 18.2 Å². The SMILES string of the molecule is NCC1CCCC1C(=O)Nc1ccc2cn[nH]c2c1. The number of hydrogen-bond acceptors (Lipinski definition) is 3. The maximum Gasteiger partial charge on any atom is 0.227 e. The third kappa shape index (κ3) is 2.33. The van der Waals surface area contributed by atoms with E-state index >= 15 is 0 Å². The number of amides is 1. The van der Waals surface area contributed by atoms with Crippen LogP contribution in [0.2, 0.25) is 0 Å². The number of aromatic amines is 1. The molecule has 0 saturated heterocycles. The van der Waals surface area contributed by atoms with Crippen LogP contribution < -0.4 is 11.1 Å². The molecule has 0 spiro atoms. The highest BCUT2D eigenvalue weighted by Gasteiger charge is 2.31. The quantitative estimate of drug-likeness (QED) is 0.786. The number of carbonyl (C=O) groups excluding carboxylic acids is 1. The van der Waals surface area contributed by atoms with Gasteiger partial charge in [0.2, 0.25) is 5.91 Å². The van der Waals surface area contributed by atoms with Gasteiger partial charge in [-0.3, -0.25) is 9.89 Å². The molecule has 1 heterocycles. The number of fused-ring (bicyclic) bond motifs is 1. The predicted molar refractivity (Wildman–Crippen MR) is 74.6 cm³/mol. The summed E-state index contributed by atoms with van der Waals surface area (Å²) in [6, 6.07) is 5.76. The molecule has 1 amide bonds. The van der Waals surface area contributed by atoms with Gasteiger partial charge in [0.15, 0.2) is 0 Å². The maximum absolute atomic E-state index is 12.3. The van der Waals surface area contributed by atoms with Gasteiger partial charge in [-0.15, -0.1) is 0 Å². The van der Waals surface area contributed by atoms with Gasteiger partial charge in [0.05, 0.1) is 11.7 Å². The summed E-state index contributed by atoms with van der Waals surface area (Å²) in [4.78, 5) is 12.3. The fourth-order valence-corrected chi connectivity index (χ4v) is 2.91. The van der Waals surface area contributed by atoms with Crippen LogP contribution in [0.1, 0.15) is 19.3 Å². The molecule has 1 aliphatic carbocycles. The van der Waals surface area contributed by atoms with Crippen LogP contribution in [0.25, 0.3) is 10.9 Å². The first-order chi connectivity index (χ1) is 9.28. The Balaban J connectivity index is 1.74. The van der Waals surface area contributed by atoms with Gasteiger partial charge in [0.25, 0.3) is 0 Å². The molecule has 0 radical (unpaired) electrons. The maximum atomic E-state index is 12.3. The van der Waals surface area contributed by atoms with Crippen LogP contribution in [0.5, 0.6) is 0 Å². The molecule has 1 aliphatic rings. The van der Waals surface area contributed by atoms with Crippen molar-refractivity contribution in [3.8, 4) is 0 Å². The van der Waals surface area contributed by atoms with E-state index in [2.05, 4.69) is 15.5 Å². The summed E-state index contributed by atoms with van der Waals surface area (Å²) in [5, 5.41) is 10.9. The molecule has 2 aromatic rings. The Kier molecular flexibility index (Phi) is 3.21. The molecule has 1 saturated carbocycles. The van der Waals surface area contributed by atoms with Crippen molar-refractivity contribution in [3.05, 3.63) is 24.4 Å². The highest BCUT2D eigenvalue weighted by atomic mass is 16.1. The molecule has 4 N–H and O–H groups in total. The number of rotatable bonds is 3. The minimum atomic E-state index is 0.0578. The molecule has 1 aromatic heterocycles. The topological polar surface area (TPSA) is 83.8 Å². The summed E-state index contributed by atoms with van der Waals surface area (Å²) >= 11 is 0. The van der Waals surface area contributed by atoms with E-state index in [9.17, 15) is 4.79 Å². The van der Waals surface area contributed by atoms with E-state index in [0.29, 0.717) is 12.5 Å². The van der Waals surface area contributed by atoms with E-state index in [1.165, 1.54) is 0 Å². The molecule has 2 unspecified atom stereocenters. The van der Waals surface area contributed by atoms with Crippen LogP contribution in [-0.2, 0) is 4.79 Å². The number of nitrogens with one attached hydrogen (secondary N) is 2. The van der Waals surface area contributed by atoms with Crippen LogP contribution in [0.4, 0.5) is 5.69 Å². The lowest BCUT2D eigenvalue weighted by Crippen LogP contribution is -2.29. The van der Waals surface area contributed by atoms with E-state index in [-0.39, 0.29) is 11.8 Å². The zero-order valence-corrected chi connectivity index (χ0v) is 10.7. The highest BCUT2D eigenvalue weighted by Crippen LogP contribution is 2.32. The minimum Gasteiger partial charge on any atom is -0.330 e. The number of nitrogens with two attached hydrogens (primary N) is 1. The zero-order chi connectivity index (χ0) is 13.2. The fourth-order valence-electron chi connectivity index (χ4n) is 2.91. The summed E-state index contributed by atoms with van der Waals surface area (Å²) in [6.07, 6.45) is 4.87. The van der Waals surface area contributed by atoms with Crippen molar-refractivity contribution >= 4 is 22.5 Å². The molecule has 5 heteroatoms. The smallest absolute Gasteiger partial charge is 0.227 e. The van der Waals surface area contributed by atoms with Crippen LogP contribution >= 0.6 is 0 Å². The standard InChI is InChI=1S/C14H18N4O/c15-7-9-2-1-3-12(9)14(19)17-11-5-4-10-8-16-18-13(10)6-11/h4-6,8-9,12H,1-3,7,15H2,(H,16,18)(H,17,19). The molecule has 1 fully saturated rings. The van der Waals surface area contributed by atoms with Crippen molar-refractivity contribution < 1.29 is 4.79 Å². The lowest BCUT2D eigenvalue weighted by atomic mass is 9.95. The van der Waals surface area contributed by atoms with Gasteiger partial charge in [0, 0.05) is 17.0 Å². The third-order valence-corrected chi connectivity index (χ3v) is 4.01. The third-order valence-electron chi connectivity index (χ3n) is 4.01. The van der Waals surface area contributed by atoms with Crippen molar-refractivity contribution in [1.29, 1.82) is 0 Å². The van der Waals surface area contributed by atoms with Gasteiger partial charge < -0.3 is 11.1 Å². The number of H-pyrrole nitrogens is 1. The molecule has 3 rings (SSSR count). The second-order valence-corrected chi connectivity index (χ2v) is 5.19. The summed E-state index contributed by atoms with van der Waals surface area (Å²) in [5.41, 5.74) is 7.46. The molecular weight excluding hydrogens is 240 g/mol. The zero-order valence-electron chi connectivity index (χ0n) is 10.7. The van der Waals surface area contributed by atoms with Gasteiger partial charge in [-0.1, -0.05) is 6.42 Å². The molecule has 2 atom stereocenters. The second kappa shape index (κ2) is 5.01. The molecule has 0 aliphatic heterocycles. The molecule has 19 heavy (non-hydrogen) atoms. The van der Waals surface area contributed by atoms with Crippen molar-refractivity contribution in [2.24, 2.45) is 17.6 Å². The van der Waals surface area contributed by atoms with E-state index in [4.69, 9.17) is 5.73 Å². The average molecular weight is 258 g/mol. The highest BCUT2D eigenvalue weighted by molar-refractivity contribution is 5.95. The Morgan fingerprint density at radius 2 is 2.37 bits per heavy atom. The summed E-state index contributed by atoms with van der Waals surface area (Å²) < 4.78 is 0. The average Bonchev–Trinajstić information content (AvgIpc) is 3.06. The van der Waals surface area contributed by atoms with Gasteiger partial charge >= 0.3 is 0 Å². The first-order valence-electron chi connectivity index (χ1n) is 6.72. The van der Waals surface area contributed by atoms with Crippen molar-refractivity contribution in [1.82, 2.24) is 10.2 Å². The van der Waals surface area contributed by atoms with Crippen molar-refractivity contribution in [3.63, 3.8) is 0 Å². The number of nitrogens with zero attached hydrogens (tertiary/aromatic N) is 1. The van der Waals surface area contributed by atoms with Gasteiger partial charge in [-0.25, -0.2) is 0 Å². The number of hydrogen-bond donors (Lipinski definition) is 3. The lowest BCUT2D eigenvalue weighted by Gasteiger charge is -2.17. The molecule has 5 nitrogen and oxygen atoms in total. The largest absolute Gasteiger partial charge is 0.330 e. The predicted octanol–water partition coefficient (Wildman–Crippen LogP) is 1.88. The van der Waals surface area contributed by atoms with Gasteiger partial charge in [-0.2, -0.15) is 5.10 Å². The Morgan fingerprint density at radius 3 is 3.21 bits per heavy atom. The Hall–Kier alpha value is -1.88. The normalized spacial score (nSPS) is 22.8. The fraction of sp³-hybridized carbons (Fsp3) is 0.429. The van der Waals surface area contributed by atoms with Crippen molar-refractivity contribution in [2.45, 2.75) is 19.3 Å². The minimum absolute atomic E-state index is 0.0578. The lowest BCUT2D eigenvalue weighted by molar-refractivity contribution is -0.120. The first-order valence-corrected chi connectivity index (χ1v) is 6.72. The summed E-state index contributed by atoms with van der Waals surface area (Å²) in [5.74, 6) is 0.477. The van der Waals surface area contributed by atoms with E-state index in [1.54, 1.807) is 6.20 Å². The second-order valence-electron chi connectivity index (χ2n) is 5.19. The Bertz CT molecular complexity index is 592. The van der Waals surface area contributed by atoms with Crippen LogP contribution in [-0.4, -0.2) is 22.6 Å². The number of aromatic nitrogens is 2. The van der Waals surface area contributed by atoms with Crippen LogP contribution in [0.15, 0.2) is 24.4 Å². The van der Waals surface area contributed by atoms with Crippen LogP contribution in [0.3, 0.4) is 0 Å². The number of benzene rings is 1. The number of carbonyl (C=O) groups is 1. The monoisotopic (exact) mass is 258 g/mol. The van der Waals surface area contributed by atoms with Crippen molar-refractivity contribution in [2.75, 3.05) is 11.9 Å². The summed E-state index contributed by atoms with van der Waals surface area (Å²) in [6.45, 7) is 0.595.